The summed E-state index contributed by atoms with van der Waals surface area (Å²) in [5.74, 6) is -0.0479. The maximum Gasteiger partial charge on any atom is 0.276 e. The highest BCUT2D eigenvalue weighted by molar-refractivity contribution is 6.02. The zero-order valence-electron chi connectivity index (χ0n) is 9.52. The van der Waals surface area contributed by atoms with Gasteiger partial charge in [-0.2, -0.15) is 0 Å². The van der Waals surface area contributed by atoms with Gasteiger partial charge in [0, 0.05) is 17.4 Å². The Balaban J connectivity index is 2.20. The Morgan fingerprint density at radius 3 is 2.82 bits per heavy atom. The van der Waals surface area contributed by atoms with Gasteiger partial charge in [-0.1, -0.05) is 5.16 Å². The summed E-state index contributed by atoms with van der Waals surface area (Å²) < 4.78 is 4.98. The van der Waals surface area contributed by atoms with Crippen LogP contribution < -0.4 is 11.1 Å². The molecule has 1 amide bonds. The van der Waals surface area contributed by atoms with Crippen molar-refractivity contribution in [1.29, 1.82) is 0 Å². The van der Waals surface area contributed by atoms with Gasteiger partial charge in [0.05, 0.1) is 5.69 Å². The predicted octanol–water partition coefficient (Wildman–Crippen LogP) is 1.52. The van der Waals surface area contributed by atoms with Crippen molar-refractivity contribution < 1.29 is 9.32 Å². The largest absolute Gasteiger partial charge is 0.399 e. The Kier molecular flexibility index (Phi) is 2.78. The van der Waals surface area contributed by atoms with Gasteiger partial charge in [-0.3, -0.25) is 15.1 Å². The molecule has 17 heavy (non-hydrogen) atoms. The van der Waals surface area contributed by atoms with Gasteiger partial charge < -0.3 is 10.3 Å². The van der Waals surface area contributed by atoms with E-state index in [9.17, 15) is 4.79 Å². The maximum atomic E-state index is 11.8. The van der Waals surface area contributed by atoms with E-state index >= 15 is 0 Å². The SMILES string of the molecule is Cc1noc(NC(=O)c2cc(N)ccn2)c1C. The zero-order chi connectivity index (χ0) is 12.4. The molecule has 0 aliphatic heterocycles. The van der Waals surface area contributed by atoms with Gasteiger partial charge in [0.1, 0.15) is 5.69 Å². The summed E-state index contributed by atoms with van der Waals surface area (Å²) >= 11 is 0. The van der Waals surface area contributed by atoms with E-state index < -0.39 is 0 Å². The van der Waals surface area contributed by atoms with Crippen LogP contribution >= 0.6 is 0 Å². The number of nitrogens with two attached hydrogens (primary N) is 1. The Labute approximate surface area is 97.8 Å². The lowest BCUT2D eigenvalue weighted by molar-refractivity contribution is 0.101. The average Bonchev–Trinajstić information content (AvgIpc) is 2.61. The standard InChI is InChI=1S/C11H12N4O2/c1-6-7(2)15-17-11(6)14-10(16)9-5-8(12)3-4-13-9/h3-5H,1-2H3,(H2,12,13)(H,14,16). The number of carbonyl (C=O) groups is 1. The van der Waals surface area contributed by atoms with Gasteiger partial charge in [-0.25, -0.2) is 0 Å². The minimum Gasteiger partial charge on any atom is -0.399 e. The minimum atomic E-state index is -0.378. The molecule has 0 fully saturated rings. The fraction of sp³-hybridized carbons (Fsp3) is 0.182. The second-order valence-electron chi connectivity index (χ2n) is 3.65. The van der Waals surface area contributed by atoms with Crippen molar-refractivity contribution in [2.24, 2.45) is 0 Å². The fourth-order valence-corrected chi connectivity index (χ4v) is 1.27. The van der Waals surface area contributed by atoms with E-state index in [-0.39, 0.29) is 11.6 Å². The molecule has 6 heteroatoms. The third-order valence-corrected chi connectivity index (χ3v) is 2.40. The number of nitrogen functional groups attached to an aromatic ring is 1. The Morgan fingerprint density at radius 1 is 1.47 bits per heavy atom. The number of hydrogen-bond acceptors (Lipinski definition) is 5. The first-order valence-electron chi connectivity index (χ1n) is 5.03. The van der Waals surface area contributed by atoms with Crippen LogP contribution in [0.3, 0.4) is 0 Å². The lowest BCUT2D eigenvalue weighted by Gasteiger charge is -2.02. The van der Waals surface area contributed by atoms with Crippen molar-refractivity contribution in [1.82, 2.24) is 10.1 Å². The summed E-state index contributed by atoms with van der Waals surface area (Å²) in [4.78, 5) is 15.7. The zero-order valence-corrected chi connectivity index (χ0v) is 9.52. The summed E-state index contributed by atoms with van der Waals surface area (Å²) in [7, 11) is 0. The molecular formula is C11H12N4O2. The highest BCUT2D eigenvalue weighted by atomic mass is 16.5. The number of anilines is 2. The highest BCUT2D eigenvalue weighted by Crippen LogP contribution is 2.18. The first-order chi connectivity index (χ1) is 8.08. The Bertz CT molecular complexity index is 562. The lowest BCUT2D eigenvalue weighted by Crippen LogP contribution is -2.14. The van der Waals surface area contributed by atoms with E-state index in [4.69, 9.17) is 10.3 Å². The number of aromatic nitrogens is 2. The molecule has 0 saturated carbocycles. The van der Waals surface area contributed by atoms with Crippen molar-refractivity contribution in [3.8, 4) is 0 Å². The first kappa shape index (κ1) is 11.1. The number of amides is 1. The van der Waals surface area contributed by atoms with Crippen LogP contribution in [0.5, 0.6) is 0 Å². The van der Waals surface area contributed by atoms with Gasteiger partial charge in [0.2, 0.25) is 5.88 Å². The molecule has 2 aromatic rings. The van der Waals surface area contributed by atoms with Gasteiger partial charge in [-0.15, -0.1) is 0 Å². The number of nitrogens with zero attached hydrogens (tertiary/aromatic N) is 2. The van der Waals surface area contributed by atoms with Crippen LogP contribution in [0.15, 0.2) is 22.9 Å². The number of hydrogen-bond donors (Lipinski definition) is 2. The Hall–Kier alpha value is -2.37. The van der Waals surface area contributed by atoms with Crippen LogP contribution in [-0.2, 0) is 0 Å². The van der Waals surface area contributed by atoms with Crippen LogP contribution in [0.1, 0.15) is 21.7 Å². The van der Waals surface area contributed by atoms with Crippen LogP contribution in [-0.4, -0.2) is 16.0 Å². The molecule has 88 valence electrons. The molecule has 0 atom stereocenters. The van der Waals surface area contributed by atoms with Crippen molar-refractivity contribution in [3.63, 3.8) is 0 Å². The van der Waals surface area contributed by atoms with Gasteiger partial charge in [0.25, 0.3) is 5.91 Å². The molecule has 0 bridgehead atoms. The third kappa shape index (κ3) is 2.25. The summed E-state index contributed by atoms with van der Waals surface area (Å²) in [6.45, 7) is 3.61. The van der Waals surface area contributed by atoms with Crippen molar-refractivity contribution in [2.75, 3.05) is 11.1 Å². The molecule has 3 N–H and O–H groups in total. The van der Waals surface area contributed by atoms with Gasteiger partial charge in [0.15, 0.2) is 0 Å². The summed E-state index contributed by atoms with van der Waals surface area (Å²) in [5, 5.41) is 6.33. The van der Waals surface area contributed by atoms with Gasteiger partial charge in [-0.05, 0) is 26.0 Å². The second-order valence-corrected chi connectivity index (χ2v) is 3.65. The van der Waals surface area contributed by atoms with E-state index in [0.717, 1.165) is 11.3 Å². The monoisotopic (exact) mass is 232 g/mol. The number of nitrogens with one attached hydrogen (secondary N) is 1. The molecule has 6 nitrogen and oxygen atoms in total. The van der Waals surface area contributed by atoms with Crippen LogP contribution in [0.2, 0.25) is 0 Å². The summed E-state index contributed by atoms with van der Waals surface area (Å²) in [5.41, 5.74) is 7.82. The number of rotatable bonds is 2. The predicted molar refractivity (Wildman–Crippen MR) is 62.6 cm³/mol. The minimum absolute atomic E-state index is 0.235. The van der Waals surface area contributed by atoms with Crippen molar-refractivity contribution >= 4 is 17.5 Å². The Morgan fingerprint density at radius 2 is 2.24 bits per heavy atom. The van der Waals surface area contributed by atoms with Crippen LogP contribution in [0.25, 0.3) is 0 Å². The van der Waals surface area contributed by atoms with E-state index in [1.165, 1.54) is 12.3 Å². The summed E-state index contributed by atoms with van der Waals surface area (Å²) in [6.07, 6.45) is 1.47. The van der Waals surface area contributed by atoms with Crippen molar-refractivity contribution in [2.45, 2.75) is 13.8 Å². The average molecular weight is 232 g/mol. The van der Waals surface area contributed by atoms with Gasteiger partial charge >= 0.3 is 0 Å². The molecule has 2 aromatic heterocycles. The lowest BCUT2D eigenvalue weighted by atomic mass is 10.2. The number of aryl methyl sites for hydroxylation is 1. The van der Waals surface area contributed by atoms with E-state index in [1.54, 1.807) is 13.0 Å². The topological polar surface area (TPSA) is 94.0 Å². The molecule has 0 aliphatic rings. The molecule has 0 aromatic carbocycles. The van der Waals surface area contributed by atoms with E-state index in [1.807, 2.05) is 6.92 Å². The first-order valence-corrected chi connectivity index (χ1v) is 5.03. The maximum absolute atomic E-state index is 11.8. The molecule has 0 radical (unpaired) electrons. The smallest absolute Gasteiger partial charge is 0.276 e. The molecule has 0 saturated heterocycles. The fourth-order valence-electron chi connectivity index (χ4n) is 1.27. The second kappa shape index (κ2) is 4.25. The molecule has 0 unspecified atom stereocenters. The molecule has 2 rings (SSSR count). The summed E-state index contributed by atoms with van der Waals surface area (Å²) in [6, 6.07) is 3.11. The number of carbonyl (C=O) groups excluding carboxylic acids is 1. The molecular weight excluding hydrogens is 220 g/mol. The van der Waals surface area contributed by atoms with Crippen LogP contribution in [0.4, 0.5) is 11.6 Å². The molecule has 0 aliphatic carbocycles. The van der Waals surface area contributed by atoms with Crippen molar-refractivity contribution in [3.05, 3.63) is 35.3 Å². The normalized spacial score (nSPS) is 10.2. The van der Waals surface area contributed by atoms with Crippen LogP contribution in [0, 0.1) is 13.8 Å². The molecule has 0 spiro atoms. The third-order valence-electron chi connectivity index (χ3n) is 2.40. The van der Waals surface area contributed by atoms with E-state index in [2.05, 4.69) is 15.5 Å². The highest BCUT2D eigenvalue weighted by Gasteiger charge is 2.14. The van der Waals surface area contributed by atoms with E-state index in [0.29, 0.717) is 11.6 Å². The molecule has 2 heterocycles. The number of pyridine rings is 1. The quantitative estimate of drug-likeness (QED) is 0.818.